The molecule has 3 nitrogen and oxygen atoms in total. The average molecular weight is 292 g/mol. The van der Waals surface area contributed by atoms with Gasteiger partial charge in [0, 0.05) is 12.0 Å². The monoisotopic (exact) mass is 292 g/mol. The molecule has 0 saturated heterocycles. The molecule has 1 unspecified atom stereocenters. The highest BCUT2D eigenvalue weighted by atomic mass is 19.1. The normalized spacial score (nSPS) is 23.6. The number of amides is 1. The zero-order chi connectivity index (χ0) is 15.2. The third-order valence-corrected chi connectivity index (χ3v) is 4.39. The molecule has 1 aliphatic carbocycles. The number of halogens is 1. The van der Waals surface area contributed by atoms with E-state index in [0.29, 0.717) is 5.92 Å². The number of nitrogens with two attached hydrogens (primary N) is 1. The molecule has 1 amide bonds. The van der Waals surface area contributed by atoms with E-state index in [1.54, 1.807) is 12.1 Å². The lowest BCUT2D eigenvalue weighted by molar-refractivity contribution is -0.126. The van der Waals surface area contributed by atoms with Gasteiger partial charge in [0.25, 0.3) is 0 Å². The second-order valence-electron chi connectivity index (χ2n) is 6.19. The molecule has 2 rings (SSSR count). The fourth-order valence-electron chi connectivity index (χ4n) is 3.05. The first-order valence-corrected chi connectivity index (χ1v) is 7.83. The minimum absolute atomic E-state index is 0.0650. The molecule has 1 saturated carbocycles. The molecule has 1 aromatic rings. The van der Waals surface area contributed by atoms with Crippen molar-refractivity contribution < 1.29 is 9.18 Å². The van der Waals surface area contributed by atoms with E-state index >= 15 is 0 Å². The summed E-state index contributed by atoms with van der Waals surface area (Å²) in [5.41, 5.74) is 6.71. The molecule has 1 fully saturated rings. The van der Waals surface area contributed by atoms with Crippen molar-refractivity contribution in [1.82, 2.24) is 5.32 Å². The zero-order valence-electron chi connectivity index (χ0n) is 12.6. The molecule has 0 aliphatic heterocycles. The second kappa shape index (κ2) is 7.55. The molecule has 0 aromatic heterocycles. The summed E-state index contributed by atoms with van der Waals surface area (Å²) < 4.78 is 12.9. The summed E-state index contributed by atoms with van der Waals surface area (Å²) in [5, 5.41) is 3.08. The van der Waals surface area contributed by atoms with Gasteiger partial charge in [-0.05, 0) is 69.2 Å². The molecule has 0 radical (unpaired) electrons. The number of rotatable bonds is 5. The quantitative estimate of drug-likeness (QED) is 0.876. The SMILES string of the molecule is CC(Cc1ccc(F)cc1)NC(=O)C1CCC(CN)CC1. The number of nitrogens with one attached hydrogen (secondary N) is 1. The second-order valence-corrected chi connectivity index (χ2v) is 6.19. The molecule has 21 heavy (non-hydrogen) atoms. The Morgan fingerprint density at radius 1 is 1.29 bits per heavy atom. The highest BCUT2D eigenvalue weighted by Gasteiger charge is 2.26. The van der Waals surface area contributed by atoms with E-state index in [-0.39, 0.29) is 23.7 Å². The maximum atomic E-state index is 12.9. The van der Waals surface area contributed by atoms with Gasteiger partial charge >= 0.3 is 0 Å². The van der Waals surface area contributed by atoms with Gasteiger partial charge in [-0.2, -0.15) is 0 Å². The van der Waals surface area contributed by atoms with Crippen LogP contribution in [0, 0.1) is 17.7 Å². The van der Waals surface area contributed by atoms with E-state index in [1.807, 2.05) is 6.92 Å². The molecule has 3 N–H and O–H groups in total. The molecule has 116 valence electrons. The van der Waals surface area contributed by atoms with Crippen LogP contribution in [0.1, 0.15) is 38.2 Å². The van der Waals surface area contributed by atoms with Crippen LogP contribution in [0.5, 0.6) is 0 Å². The summed E-state index contributed by atoms with van der Waals surface area (Å²) >= 11 is 0. The molecular formula is C17H25FN2O. The van der Waals surface area contributed by atoms with Crippen LogP contribution in [0.25, 0.3) is 0 Å². The van der Waals surface area contributed by atoms with Gasteiger partial charge in [0.05, 0.1) is 0 Å². The molecule has 4 heteroatoms. The summed E-state index contributed by atoms with van der Waals surface area (Å²) in [6.07, 6.45) is 4.72. The highest BCUT2D eigenvalue weighted by Crippen LogP contribution is 2.28. The summed E-state index contributed by atoms with van der Waals surface area (Å²) in [4.78, 5) is 12.2. The van der Waals surface area contributed by atoms with Crippen molar-refractivity contribution in [2.75, 3.05) is 6.54 Å². The standard InChI is InChI=1S/C17H25FN2O/c1-12(10-13-4-8-16(18)9-5-13)20-17(21)15-6-2-14(11-19)3-7-15/h4-5,8-9,12,14-15H,2-3,6-7,10-11,19H2,1H3,(H,20,21). The van der Waals surface area contributed by atoms with Crippen LogP contribution in [0.4, 0.5) is 4.39 Å². The van der Waals surface area contributed by atoms with Crippen LogP contribution in [0.3, 0.4) is 0 Å². The Hall–Kier alpha value is -1.42. The molecule has 1 aliphatic rings. The maximum absolute atomic E-state index is 12.9. The Kier molecular flexibility index (Phi) is 5.74. The van der Waals surface area contributed by atoms with Crippen molar-refractivity contribution >= 4 is 5.91 Å². The van der Waals surface area contributed by atoms with Gasteiger partial charge in [0.1, 0.15) is 5.82 Å². The van der Waals surface area contributed by atoms with E-state index in [9.17, 15) is 9.18 Å². The van der Waals surface area contributed by atoms with Gasteiger partial charge in [0.15, 0.2) is 0 Å². The predicted octanol–water partition coefficient (Wildman–Crippen LogP) is 2.64. The Balaban J connectivity index is 1.78. The number of hydrogen-bond acceptors (Lipinski definition) is 2. The highest BCUT2D eigenvalue weighted by molar-refractivity contribution is 5.79. The van der Waals surface area contributed by atoms with Crippen LogP contribution in [0.2, 0.25) is 0 Å². The van der Waals surface area contributed by atoms with E-state index in [1.165, 1.54) is 12.1 Å². The lowest BCUT2D eigenvalue weighted by atomic mass is 9.81. The van der Waals surface area contributed by atoms with Crippen molar-refractivity contribution in [2.24, 2.45) is 17.6 Å². The van der Waals surface area contributed by atoms with Gasteiger partial charge < -0.3 is 11.1 Å². The molecule has 0 spiro atoms. The first-order chi connectivity index (χ1) is 10.1. The third kappa shape index (κ3) is 4.81. The maximum Gasteiger partial charge on any atom is 0.223 e. The smallest absolute Gasteiger partial charge is 0.223 e. The topological polar surface area (TPSA) is 55.1 Å². The predicted molar refractivity (Wildman–Crippen MR) is 82.2 cm³/mol. The molecule has 0 bridgehead atoms. The van der Waals surface area contributed by atoms with Crippen LogP contribution in [-0.4, -0.2) is 18.5 Å². The van der Waals surface area contributed by atoms with Crippen LogP contribution >= 0.6 is 0 Å². The molecule has 1 atom stereocenters. The van der Waals surface area contributed by atoms with Crippen LogP contribution in [-0.2, 0) is 11.2 Å². The van der Waals surface area contributed by atoms with Gasteiger partial charge in [-0.1, -0.05) is 12.1 Å². The fraction of sp³-hybridized carbons (Fsp3) is 0.588. The minimum atomic E-state index is -0.230. The number of benzene rings is 1. The lowest BCUT2D eigenvalue weighted by Crippen LogP contribution is -2.40. The van der Waals surface area contributed by atoms with E-state index < -0.39 is 0 Å². The van der Waals surface area contributed by atoms with E-state index in [2.05, 4.69) is 5.32 Å². The molecular weight excluding hydrogens is 267 g/mol. The largest absolute Gasteiger partial charge is 0.353 e. The third-order valence-electron chi connectivity index (χ3n) is 4.39. The van der Waals surface area contributed by atoms with Crippen molar-refractivity contribution in [3.63, 3.8) is 0 Å². The number of carbonyl (C=O) groups excluding carboxylic acids is 1. The lowest BCUT2D eigenvalue weighted by Gasteiger charge is -2.28. The first kappa shape index (κ1) is 16.0. The van der Waals surface area contributed by atoms with Gasteiger partial charge in [-0.25, -0.2) is 4.39 Å². The van der Waals surface area contributed by atoms with E-state index in [0.717, 1.165) is 44.2 Å². The van der Waals surface area contributed by atoms with Crippen LogP contribution < -0.4 is 11.1 Å². The number of carbonyl (C=O) groups is 1. The van der Waals surface area contributed by atoms with Crippen molar-refractivity contribution in [3.05, 3.63) is 35.6 Å². The zero-order valence-corrected chi connectivity index (χ0v) is 12.6. The summed E-state index contributed by atoms with van der Waals surface area (Å²) in [7, 11) is 0. The van der Waals surface area contributed by atoms with Crippen LogP contribution in [0.15, 0.2) is 24.3 Å². The summed E-state index contributed by atoms with van der Waals surface area (Å²) in [5.74, 6) is 0.640. The number of hydrogen-bond donors (Lipinski definition) is 2. The Morgan fingerprint density at radius 3 is 2.48 bits per heavy atom. The van der Waals surface area contributed by atoms with Crippen molar-refractivity contribution in [2.45, 2.75) is 45.1 Å². The van der Waals surface area contributed by atoms with E-state index in [4.69, 9.17) is 5.73 Å². The van der Waals surface area contributed by atoms with Crippen molar-refractivity contribution in [1.29, 1.82) is 0 Å². The minimum Gasteiger partial charge on any atom is -0.353 e. The van der Waals surface area contributed by atoms with Gasteiger partial charge in [-0.15, -0.1) is 0 Å². The Labute approximate surface area is 126 Å². The summed E-state index contributed by atoms with van der Waals surface area (Å²) in [6, 6.07) is 6.51. The average Bonchev–Trinajstić information content (AvgIpc) is 2.49. The Morgan fingerprint density at radius 2 is 1.90 bits per heavy atom. The summed E-state index contributed by atoms with van der Waals surface area (Å²) in [6.45, 7) is 2.72. The molecule has 0 heterocycles. The Bertz CT molecular complexity index is 452. The molecule has 1 aromatic carbocycles. The fourth-order valence-corrected chi connectivity index (χ4v) is 3.05. The van der Waals surface area contributed by atoms with Gasteiger partial charge in [0.2, 0.25) is 5.91 Å². The van der Waals surface area contributed by atoms with Crippen molar-refractivity contribution in [3.8, 4) is 0 Å². The first-order valence-electron chi connectivity index (χ1n) is 7.83. The van der Waals surface area contributed by atoms with Gasteiger partial charge in [-0.3, -0.25) is 4.79 Å².